The van der Waals surface area contributed by atoms with Gasteiger partial charge >= 0.3 is 0 Å². The number of fused-ring (bicyclic) bond motifs is 1. The number of hydrogen-bond donors (Lipinski definition) is 0. The fourth-order valence-electron chi connectivity index (χ4n) is 4.77. The monoisotopic (exact) mass is 419 g/mol. The molecule has 0 spiro atoms. The molecule has 1 saturated heterocycles. The van der Waals surface area contributed by atoms with Gasteiger partial charge in [-0.25, -0.2) is 0 Å². The second kappa shape index (κ2) is 9.54. The van der Waals surface area contributed by atoms with Crippen LogP contribution in [0.5, 0.6) is 0 Å². The van der Waals surface area contributed by atoms with Crippen molar-refractivity contribution in [3.63, 3.8) is 0 Å². The maximum absolute atomic E-state index is 12.8. The van der Waals surface area contributed by atoms with Gasteiger partial charge in [-0.15, -0.1) is 0 Å². The van der Waals surface area contributed by atoms with Crippen molar-refractivity contribution in [2.75, 3.05) is 39.3 Å². The largest absolute Gasteiger partial charge is 0.339 e. The molecule has 0 unspecified atom stereocenters. The first-order valence-corrected chi connectivity index (χ1v) is 11.9. The lowest BCUT2D eigenvalue weighted by molar-refractivity contribution is -0.134. The lowest BCUT2D eigenvalue weighted by atomic mass is 9.93. The summed E-state index contributed by atoms with van der Waals surface area (Å²) in [5.41, 5.74) is 6.76. The topological polar surface area (TPSA) is 26.8 Å². The van der Waals surface area contributed by atoms with Crippen molar-refractivity contribution in [3.05, 3.63) is 59.2 Å². The standard InChI is InChI=1S/C27H37N3O/c1-20(2)22-5-7-23(8-6-22)24-9-10-26-18-28(12-11-25(26)17-24)19-27(31)30-15-13-29(14-16-30)21(3)4/h5-10,17,20-21H,11-16,18-19H2,1-4H3. The summed E-state index contributed by atoms with van der Waals surface area (Å²) in [6.45, 7) is 15.0. The molecule has 0 atom stereocenters. The summed E-state index contributed by atoms with van der Waals surface area (Å²) in [4.78, 5) is 19.7. The van der Waals surface area contributed by atoms with Crippen LogP contribution in [0.1, 0.15) is 50.3 Å². The minimum atomic E-state index is 0.286. The first-order valence-electron chi connectivity index (χ1n) is 11.9. The maximum Gasteiger partial charge on any atom is 0.236 e. The van der Waals surface area contributed by atoms with Crippen LogP contribution in [0, 0.1) is 0 Å². The second-order valence-corrected chi connectivity index (χ2v) is 9.73. The Kier molecular flexibility index (Phi) is 6.78. The van der Waals surface area contributed by atoms with Crippen LogP contribution < -0.4 is 0 Å². The van der Waals surface area contributed by atoms with Gasteiger partial charge in [-0.2, -0.15) is 0 Å². The van der Waals surface area contributed by atoms with E-state index in [1.165, 1.54) is 27.8 Å². The molecule has 31 heavy (non-hydrogen) atoms. The van der Waals surface area contributed by atoms with Crippen molar-refractivity contribution in [2.24, 2.45) is 0 Å². The van der Waals surface area contributed by atoms with Gasteiger partial charge in [0.05, 0.1) is 6.54 Å². The highest BCUT2D eigenvalue weighted by atomic mass is 16.2. The van der Waals surface area contributed by atoms with Crippen LogP contribution in [0.2, 0.25) is 0 Å². The summed E-state index contributed by atoms with van der Waals surface area (Å²) in [6, 6.07) is 16.4. The molecule has 2 aromatic rings. The van der Waals surface area contributed by atoms with E-state index in [0.717, 1.165) is 45.7 Å². The molecule has 2 aromatic carbocycles. The van der Waals surface area contributed by atoms with E-state index in [9.17, 15) is 4.79 Å². The molecule has 4 nitrogen and oxygen atoms in total. The molecule has 2 aliphatic rings. The first kappa shape index (κ1) is 22.0. The van der Waals surface area contributed by atoms with E-state index in [4.69, 9.17) is 0 Å². The molecule has 166 valence electrons. The number of carbonyl (C=O) groups excluding carboxylic acids is 1. The minimum absolute atomic E-state index is 0.286. The van der Waals surface area contributed by atoms with E-state index in [1.54, 1.807) is 0 Å². The SMILES string of the molecule is CC(C)c1ccc(-c2ccc3c(c2)CCN(CC(=O)N2CCN(C(C)C)CC2)C3)cc1. The molecule has 1 fully saturated rings. The Hall–Kier alpha value is -2.17. The fraction of sp³-hybridized carbons (Fsp3) is 0.519. The third kappa shape index (κ3) is 5.19. The van der Waals surface area contributed by atoms with Gasteiger partial charge in [-0.05, 0) is 54.0 Å². The van der Waals surface area contributed by atoms with Crippen molar-refractivity contribution >= 4 is 5.91 Å². The number of amides is 1. The summed E-state index contributed by atoms with van der Waals surface area (Å²) in [5, 5.41) is 0. The Labute approximate surface area is 187 Å². The summed E-state index contributed by atoms with van der Waals surface area (Å²) in [6.07, 6.45) is 1.02. The molecule has 0 saturated carbocycles. The molecular weight excluding hydrogens is 382 g/mol. The minimum Gasteiger partial charge on any atom is -0.339 e. The number of benzene rings is 2. The molecule has 0 aromatic heterocycles. The lowest BCUT2D eigenvalue weighted by Crippen LogP contribution is -2.53. The predicted molar refractivity (Wildman–Crippen MR) is 128 cm³/mol. The van der Waals surface area contributed by atoms with Crippen LogP contribution in [0.25, 0.3) is 11.1 Å². The zero-order valence-corrected chi connectivity index (χ0v) is 19.6. The zero-order valence-electron chi connectivity index (χ0n) is 19.6. The third-order valence-electron chi connectivity index (χ3n) is 6.96. The van der Waals surface area contributed by atoms with Crippen LogP contribution in [0.15, 0.2) is 42.5 Å². The summed E-state index contributed by atoms with van der Waals surface area (Å²) in [7, 11) is 0. The number of piperazine rings is 1. The Morgan fingerprint density at radius 3 is 2.16 bits per heavy atom. The number of carbonyl (C=O) groups is 1. The van der Waals surface area contributed by atoms with Crippen LogP contribution in [0.4, 0.5) is 0 Å². The van der Waals surface area contributed by atoms with Crippen LogP contribution in [-0.2, 0) is 17.8 Å². The van der Waals surface area contributed by atoms with Gasteiger partial charge in [0.15, 0.2) is 0 Å². The maximum atomic E-state index is 12.8. The smallest absolute Gasteiger partial charge is 0.236 e. The molecule has 0 radical (unpaired) electrons. The van der Waals surface area contributed by atoms with Gasteiger partial charge < -0.3 is 4.90 Å². The van der Waals surface area contributed by atoms with Crippen LogP contribution in [-0.4, -0.2) is 65.9 Å². The Bertz CT molecular complexity index is 895. The summed E-state index contributed by atoms with van der Waals surface area (Å²) in [5.74, 6) is 0.846. The summed E-state index contributed by atoms with van der Waals surface area (Å²) < 4.78 is 0. The second-order valence-electron chi connectivity index (χ2n) is 9.73. The van der Waals surface area contributed by atoms with E-state index in [0.29, 0.717) is 18.5 Å². The van der Waals surface area contributed by atoms with Gasteiger partial charge in [-0.1, -0.05) is 56.3 Å². The van der Waals surface area contributed by atoms with Crippen molar-refractivity contribution in [1.82, 2.24) is 14.7 Å². The van der Waals surface area contributed by atoms with Gasteiger partial charge in [0.1, 0.15) is 0 Å². The van der Waals surface area contributed by atoms with Crippen molar-refractivity contribution in [2.45, 2.75) is 52.6 Å². The van der Waals surface area contributed by atoms with E-state index in [1.807, 2.05) is 0 Å². The molecule has 0 N–H and O–H groups in total. The van der Waals surface area contributed by atoms with E-state index in [-0.39, 0.29) is 5.91 Å². The Morgan fingerprint density at radius 1 is 0.839 bits per heavy atom. The zero-order chi connectivity index (χ0) is 22.0. The quantitative estimate of drug-likeness (QED) is 0.719. The Morgan fingerprint density at radius 2 is 1.52 bits per heavy atom. The molecule has 0 aliphatic carbocycles. The molecule has 2 aliphatic heterocycles. The number of nitrogens with zero attached hydrogens (tertiary/aromatic N) is 3. The third-order valence-corrected chi connectivity index (χ3v) is 6.96. The van der Waals surface area contributed by atoms with Gasteiger partial charge in [0, 0.05) is 45.3 Å². The highest BCUT2D eigenvalue weighted by Gasteiger charge is 2.25. The highest BCUT2D eigenvalue weighted by molar-refractivity contribution is 5.78. The molecular formula is C27H37N3O. The number of rotatable bonds is 5. The van der Waals surface area contributed by atoms with Gasteiger partial charge in [0.2, 0.25) is 5.91 Å². The first-order chi connectivity index (χ1) is 14.9. The van der Waals surface area contributed by atoms with Crippen LogP contribution in [0.3, 0.4) is 0 Å². The number of hydrogen-bond acceptors (Lipinski definition) is 3. The lowest BCUT2D eigenvalue weighted by Gasteiger charge is -2.38. The van der Waals surface area contributed by atoms with E-state index in [2.05, 4.69) is 84.9 Å². The van der Waals surface area contributed by atoms with E-state index >= 15 is 0 Å². The molecule has 4 heteroatoms. The van der Waals surface area contributed by atoms with Crippen molar-refractivity contribution < 1.29 is 4.79 Å². The molecule has 1 amide bonds. The van der Waals surface area contributed by atoms with Crippen LogP contribution >= 0.6 is 0 Å². The van der Waals surface area contributed by atoms with Crippen molar-refractivity contribution in [3.8, 4) is 11.1 Å². The molecule has 0 bridgehead atoms. The average molecular weight is 420 g/mol. The van der Waals surface area contributed by atoms with Gasteiger partial charge in [-0.3, -0.25) is 14.6 Å². The Balaban J connectivity index is 1.35. The van der Waals surface area contributed by atoms with Crippen molar-refractivity contribution in [1.29, 1.82) is 0 Å². The fourth-order valence-corrected chi connectivity index (χ4v) is 4.77. The highest BCUT2D eigenvalue weighted by Crippen LogP contribution is 2.27. The van der Waals surface area contributed by atoms with Gasteiger partial charge in [0.25, 0.3) is 0 Å². The predicted octanol–water partition coefficient (Wildman–Crippen LogP) is 4.39. The molecule has 4 rings (SSSR count). The van der Waals surface area contributed by atoms with E-state index < -0.39 is 0 Å². The summed E-state index contributed by atoms with van der Waals surface area (Å²) >= 11 is 0. The molecule has 2 heterocycles. The average Bonchev–Trinajstić information content (AvgIpc) is 2.78. The normalized spacial score (nSPS) is 17.9.